The van der Waals surface area contributed by atoms with Crippen molar-refractivity contribution < 1.29 is 51.3 Å². The first kappa shape index (κ1) is 43.7. The number of carbonyl (C=O) groups is 4. The maximum atomic E-state index is 13.0. The van der Waals surface area contributed by atoms with Crippen LogP contribution in [0.2, 0.25) is 10.3 Å². The number of anilines is 1. The lowest BCUT2D eigenvalue weighted by molar-refractivity contribution is -0.116. The average Bonchev–Trinajstić information content (AvgIpc) is 2.98. The molecule has 0 radical (unpaired) electrons. The van der Waals surface area contributed by atoms with Crippen LogP contribution in [0, 0.1) is 0 Å². The molecule has 3 heterocycles. The molecule has 1 atom stereocenters. The number of halogens is 6. The monoisotopic (exact) mass is 748 g/mol. The number of esters is 2. The number of pyridine rings is 3. The van der Waals surface area contributed by atoms with Crippen molar-refractivity contribution in [2.24, 2.45) is 0 Å². The summed E-state index contributed by atoms with van der Waals surface area (Å²) in [5.74, 6) is -7.83. The van der Waals surface area contributed by atoms with E-state index in [4.69, 9.17) is 28.3 Å². The smallest absolute Gasteiger partial charge is 0.338 e. The molecule has 0 fully saturated rings. The Labute approximate surface area is 296 Å². The van der Waals surface area contributed by atoms with Crippen LogP contribution in [0.5, 0.6) is 0 Å². The summed E-state index contributed by atoms with van der Waals surface area (Å²) in [5.41, 5.74) is 0.963. The molecule has 0 bridgehead atoms. The summed E-state index contributed by atoms with van der Waals surface area (Å²) in [7, 11) is 2.48. The summed E-state index contributed by atoms with van der Waals surface area (Å²) < 4.78 is 60.5. The van der Waals surface area contributed by atoms with Gasteiger partial charge in [0.15, 0.2) is 0 Å². The number of nitrogens with zero attached hydrogens (tertiary/aromatic N) is 3. The second-order valence-electron chi connectivity index (χ2n) is 11.2. The zero-order valence-electron chi connectivity index (χ0n) is 28.4. The van der Waals surface area contributed by atoms with Crippen LogP contribution in [0.3, 0.4) is 0 Å². The van der Waals surface area contributed by atoms with Crippen LogP contribution < -0.4 is 5.32 Å². The number of aromatic carboxylic acids is 1. The van der Waals surface area contributed by atoms with E-state index in [-0.39, 0.29) is 51.1 Å². The van der Waals surface area contributed by atoms with Crippen molar-refractivity contribution in [2.45, 2.75) is 78.2 Å². The number of carboxylic acid groups (broad SMARTS) is 1. The van der Waals surface area contributed by atoms with Gasteiger partial charge in [-0.2, -0.15) is 0 Å². The Balaban J connectivity index is 0.000000378. The molecule has 0 saturated carbocycles. The minimum Gasteiger partial charge on any atom is -0.478 e. The standard InChI is InChI=1S/C13H18F2N2O2.C10H10ClF2NO2.C10H10ClNO3/c1-4-8(2)16-11-6-9(12(18)19)5-10(17-11)7-13(3,14)15;1-10(12,13)5-7-3-6(9(15)16-2)4-8(11)14-7;1-6(13)3-8-4-7(10(14)15-2)5-9(11)12-8/h5-6,8H,4,7H2,1-3H3,(H,16,17)(H,18,19);3-4H,5H2,1-2H3;4-5H,3H2,1-2H3/t8-;;/m0../s1. The number of nitrogens with one attached hydrogen (secondary N) is 1. The minimum atomic E-state index is -2.92. The molecule has 2 N–H and O–H groups in total. The van der Waals surface area contributed by atoms with Crippen molar-refractivity contribution in [3.05, 3.63) is 80.5 Å². The first-order valence-electron chi connectivity index (χ1n) is 14.8. The van der Waals surface area contributed by atoms with E-state index >= 15 is 0 Å². The van der Waals surface area contributed by atoms with Gasteiger partial charge in [0.2, 0.25) is 0 Å². The van der Waals surface area contributed by atoms with Gasteiger partial charge in [0.05, 0.1) is 49.4 Å². The Bertz CT molecular complexity index is 1650. The van der Waals surface area contributed by atoms with Crippen LogP contribution in [0.15, 0.2) is 36.4 Å². The van der Waals surface area contributed by atoms with Crippen LogP contribution in [0.1, 0.15) is 89.2 Å². The second-order valence-corrected chi connectivity index (χ2v) is 12.0. The number of methoxy groups -OCH3 is 2. The van der Waals surface area contributed by atoms with Crippen molar-refractivity contribution >= 4 is 52.7 Å². The highest BCUT2D eigenvalue weighted by atomic mass is 35.5. The number of hydrogen-bond donors (Lipinski definition) is 2. The van der Waals surface area contributed by atoms with E-state index < -0.39 is 42.6 Å². The Hall–Kier alpha value is -4.37. The molecule has 0 aliphatic heterocycles. The second kappa shape index (κ2) is 19.7. The van der Waals surface area contributed by atoms with Gasteiger partial charge in [-0.25, -0.2) is 46.9 Å². The van der Waals surface area contributed by atoms with Gasteiger partial charge in [0.1, 0.15) is 21.9 Å². The van der Waals surface area contributed by atoms with Crippen molar-refractivity contribution in [1.82, 2.24) is 15.0 Å². The zero-order valence-corrected chi connectivity index (χ0v) is 29.9. The molecule has 11 nitrogen and oxygen atoms in total. The third-order valence-electron chi connectivity index (χ3n) is 6.08. The molecule has 0 amide bonds. The Morgan fingerprint density at radius 1 is 0.780 bits per heavy atom. The highest BCUT2D eigenvalue weighted by Crippen LogP contribution is 2.22. The predicted octanol–water partition coefficient (Wildman–Crippen LogP) is 7.56. The molecule has 0 spiro atoms. The van der Waals surface area contributed by atoms with Crippen LogP contribution in [0.25, 0.3) is 0 Å². The number of aromatic nitrogens is 3. The first-order chi connectivity index (χ1) is 23.0. The van der Waals surface area contributed by atoms with Crippen LogP contribution in [0.4, 0.5) is 23.4 Å². The molecular formula is C33H38Cl2F4N4O7. The molecule has 0 aliphatic carbocycles. The lowest BCUT2D eigenvalue weighted by atomic mass is 10.1. The lowest BCUT2D eigenvalue weighted by Gasteiger charge is -2.15. The largest absolute Gasteiger partial charge is 0.478 e. The molecule has 0 aliphatic rings. The van der Waals surface area contributed by atoms with Gasteiger partial charge in [0.25, 0.3) is 11.8 Å². The number of carbonyl (C=O) groups excluding carboxylic acids is 3. The van der Waals surface area contributed by atoms with E-state index in [1.807, 2.05) is 13.8 Å². The quantitative estimate of drug-likeness (QED) is 0.107. The van der Waals surface area contributed by atoms with Gasteiger partial charge < -0.3 is 19.9 Å². The van der Waals surface area contributed by atoms with Gasteiger partial charge in [-0.05, 0) is 70.5 Å². The van der Waals surface area contributed by atoms with Crippen molar-refractivity contribution in [3.63, 3.8) is 0 Å². The summed E-state index contributed by atoms with van der Waals surface area (Å²) in [6.45, 7) is 6.86. The van der Waals surface area contributed by atoms with Gasteiger partial charge in [-0.15, -0.1) is 0 Å². The summed E-state index contributed by atoms with van der Waals surface area (Å²) in [6, 6.07) is 8.04. The van der Waals surface area contributed by atoms with E-state index in [1.54, 1.807) is 0 Å². The highest BCUT2D eigenvalue weighted by Gasteiger charge is 2.25. The van der Waals surface area contributed by atoms with Crippen molar-refractivity contribution in [1.29, 1.82) is 0 Å². The summed E-state index contributed by atoms with van der Waals surface area (Å²) >= 11 is 11.3. The van der Waals surface area contributed by atoms with Gasteiger partial charge in [-0.3, -0.25) is 4.79 Å². The summed E-state index contributed by atoms with van der Waals surface area (Å²) in [6.07, 6.45) is -0.177. The van der Waals surface area contributed by atoms with E-state index in [9.17, 15) is 36.7 Å². The fraction of sp³-hybridized carbons (Fsp3) is 0.424. The topological polar surface area (TPSA) is 158 Å². The van der Waals surface area contributed by atoms with Crippen molar-refractivity contribution in [3.8, 4) is 0 Å². The van der Waals surface area contributed by atoms with E-state index in [1.165, 1.54) is 57.5 Å². The third-order valence-corrected chi connectivity index (χ3v) is 6.47. The number of ketones is 1. The SMILES string of the molecule is CC[C@H](C)Nc1cc(C(=O)O)cc(CC(C)(F)F)n1.COC(=O)c1cc(Cl)nc(CC(C)(F)F)c1.COC(=O)c1cc(Cl)nc(CC(C)=O)c1. The normalized spacial score (nSPS) is 11.5. The fourth-order valence-corrected chi connectivity index (χ4v) is 4.33. The Kier molecular flexibility index (Phi) is 17.2. The summed E-state index contributed by atoms with van der Waals surface area (Å²) in [4.78, 5) is 55.9. The van der Waals surface area contributed by atoms with Gasteiger partial charge >= 0.3 is 17.9 Å². The maximum absolute atomic E-state index is 13.0. The van der Waals surface area contributed by atoms with Crippen molar-refractivity contribution in [2.75, 3.05) is 19.5 Å². The van der Waals surface area contributed by atoms with E-state index in [2.05, 4.69) is 29.7 Å². The number of carboxylic acids is 1. The zero-order chi connectivity index (χ0) is 38.4. The molecule has 0 saturated heterocycles. The number of Topliss-reactive ketones (excluding diaryl/α,β-unsaturated/α-hetero) is 1. The van der Waals surface area contributed by atoms with Crippen LogP contribution >= 0.6 is 23.2 Å². The number of alkyl halides is 4. The number of hydrogen-bond acceptors (Lipinski definition) is 10. The Morgan fingerprint density at radius 2 is 1.20 bits per heavy atom. The molecule has 17 heteroatoms. The predicted molar refractivity (Wildman–Crippen MR) is 179 cm³/mol. The molecule has 0 aromatic carbocycles. The van der Waals surface area contributed by atoms with Gasteiger partial charge in [-0.1, -0.05) is 30.1 Å². The van der Waals surface area contributed by atoms with Crippen LogP contribution in [-0.4, -0.2) is 75.9 Å². The van der Waals surface area contributed by atoms with Crippen LogP contribution in [-0.2, 0) is 33.5 Å². The fourth-order valence-electron chi connectivity index (χ4n) is 3.88. The lowest BCUT2D eigenvalue weighted by Crippen LogP contribution is -2.18. The molecule has 50 heavy (non-hydrogen) atoms. The molecule has 3 aromatic rings. The molecule has 274 valence electrons. The third kappa shape index (κ3) is 17.3. The molecule has 0 unspecified atom stereocenters. The molecular weight excluding hydrogens is 711 g/mol. The first-order valence-corrected chi connectivity index (χ1v) is 15.6. The molecule has 3 aromatic heterocycles. The average molecular weight is 750 g/mol. The Morgan fingerprint density at radius 3 is 1.60 bits per heavy atom. The summed E-state index contributed by atoms with van der Waals surface area (Å²) in [5, 5.41) is 12.1. The number of ether oxygens (including phenoxy) is 2. The molecule has 3 rings (SSSR count). The van der Waals surface area contributed by atoms with E-state index in [0.29, 0.717) is 17.1 Å². The van der Waals surface area contributed by atoms with E-state index in [0.717, 1.165) is 20.3 Å². The highest BCUT2D eigenvalue weighted by molar-refractivity contribution is 6.30. The number of rotatable bonds is 12. The maximum Gasteiger partial charge on any atom is 0.338 e. The minimum absolute atomic E-state index is 0.0119. The van der Waals surface area contributed by atoms with Gasteiger partial charge in [0, 0.05) is 23.9 Å².